The Balaban J connectivity index is 2.35. The lowest BCUT2D eigenvalue weighted by atomic mass is 10.0. The molecule has 0 aliphatic carbocycles. The quantitative estimate of drug-likeness (QED) is 0.780. The minimum atomic E-state index is -0.297. The predicted molar refractivity (Wildman–Crippen MR) is 80.2 cm³/mol. The summed E-state index contributed by atoms with van der Waals surface area (Å²) in [4.78, 5) is 11.2. The first-order valence-electron chi connectivity index (χ1n) is 6.74. The Labute approximate surface area is 113 Å². The molecule has 0 unspecified atom stereocenters. The first-order valence-corrected chi connectivity index (χ1v) is 6.74. The highest BCUT2D eigenvalue weighted by atomic mass is 16.1. The van der Waals surface area contributed by atoms with Gasteiger partial charge in [0.1, 0.15) is 0 Å². The molecular weight excluding hydrogens is 236 g/mol. The minimum Gasteiger partial charge on any atom is -0.385 e. The van der Waals surface area contributed by atoms with Gasteiger partial charge in [-0.25, -0.2) is 0 Å². The van der Waals surface area contributed by atoms with Crippen LogP contribution in [0.25, 0.3) is 10.8 Å². The third-order valence-corrected chi connectivity index (χ3v) is 3.18. The fourth-order valence-electron chi connectivity index (χ4n) is 2.19. The van der Waals surface area contributed by atoms with Crippen molar-refractivity contribution in [2.75, 3.05) is 11.9 Å². The summed E-state index contributed by atoms with van der Waals surface area (Å²) in [7, 11) is 0. The first-order chi connectivity index (χ1) is 9.20. The van der Waals surface area contributed by atoms with Gasteiger partial charge in [-0.15, -0.1) is 0 Å². The SMILES string of the molecule is CCCCNc1cc2ccccc2cc1CC(N)=O. The van der Waals surface area contributed by atoms with Gasteiger partial charge in [0.25, 0.3) is 0 Å². The van der Waals surface area contributed by atoms with E-state index in [1.54, 1.807) is 0 Å². The van der Waals surface area contributed by atoms with Crippen LogP contribution in [0, 0.1) is 0 Å². The van der Waals surface area contributed by atoms with Crippen molar-refractivity contribution < 1.29 is 4.79 Å². The van der Waals surface area contributed by atoms with E-state index in [1.807, 2.05) is 18.2 Å². The van der Waals surface area contributed by atoms with E-state index in [0.717, 1.165) is 36.0 Å². The van der Waals surface area contributed by atoms with Gasteiger partial charge in [-0.05, 0) is 34.9 Å². The van der Waals surface area contributed by atoms with Crippen LogP contribution in [0.4, 0.5) is 5.69 Å². The molecule has 1 amide bonds. The van der Waals surface area contributed by atoms with Gasteiger partial charge >= 0.3 is 0 Å². The summed E-state index contributed by atoms with van der Waals surface area (Å²) in [5.41, 5.74) is 7.32. The van der Waals surface area contributed by atoms with Crippen molar-refractivity contribution >= 4 is 22.4 Å². The number of rotatable bonds is 6. The van der Waals surface area contributed by atoms with Crippen molar-refractivity contribution in [2.45, 2.75) is 26.2 Å². The monoisotopic (exact) mass is 256 g/mol. The molecule has 0 aliphatic heterocycles. The number of unbranched alkanes of at least 4 members (excludes halogenated alkanes) is 1. The molecule has 2 aromatic carbocycles. The van der Waals surface area contributed by atoms with Crippen molar-refractivity contribution in [2.24, 2.45) is 5.73 Å². The van der Waals surface area contributed by atoms with Crippen molar-refractivity contribution in [3.63, 3.8) is 0 Å². The van der Waals surface area contributed by atoms with Crippen LogP contribution in [0.15, 0.2) is 36.4 Å². The average Bonchev–Trinajstić information content (AvgIpc) is 2.39. The Morgan fingerprint density at radius 2 is 1.89 bits per heavy atom. The fourth-order valence-corrected chi connectivity index (χ4v) is 2.19. The average molecular weight is 256 g/mol. The summed E-state index contributed by atoms with van der Waals surface area (Å²) < 4.78 is 0. The smallest absolute Gasteiger partial charge is 0.221 e. The molecule has 100 valence electrons. The Morgan fingerprint density at radius 1 is 1.21 bits per heavy atom. The van der Waals surface area contributed by atoms with Gasteiger partial charge in [0, 0.05) is 12.2 Å². The van der Waals surface area contributed by atoms with Crippen LogP contribution < -0.4 is 11.1 Å². The highest BCUT2D eigenvalue weighted by Crippen LogP contribution is 2.24. The van der Waals surface area contributed by atoms with Crippen LogP contribution in [0.1, 0.15) is 25.3 Å². The molecule has 0 spiro atoms. The van der Waals surface area contributed by atoms with E-state index in [0.29, 0.717) is 0 Å². The van der Waals surface area contributed by atoms with Crippen molar-refractivity contribution in [3.05, 3.63) is 42.0 Å². The molecule has 2 rings (SSSR count). The Bertz CT molecular complexity index is 578. The third-order valence-electron chi connectivity index (χ3n) is 3.18. The summed E-state index contributed by atoms with van der Waals surface area (Å²) in [5.74, 6) is -0.297. The van der Waals surface area contributed by atoms with E-state index in [-0.39, 0.29) is 12.3 Å². The standard InChI is InChI=1S/C16H20N2O/c1-2-3-8-18-15-10-13-7-5-4-6-12(13)9-14(15)11-16(17)19/h4-7,9-10,18H,2-3,8,11H2,1H3,(H2,17,19). The number of carbonyl (C=O) groups excluding carboxylic acids is 1. The number of anilines is 1. The number of amides is 1. The molecule has 0 saturated heterocycles. The zero-order chi connectivity index (χ0) is 13.7. The van der Waals surface area contributed by atoms with Crippen molar-refractivity contribution in [1.82, 2.24) is 0 Å². The lowest BCUT2D eigenvalue weighted by Crippen LogP contribution is -2.15. The molecule has 0 aromatic heterocycles. The second-order valence-electron chi connectivity index (χ2n) is 4.78. The summed E-state index contributed by atoms with van der Waals surface area (Å²) in [6.07, 6.45) is 2.54. The number of benzene rings is 2. The van der Waals surface area contributed by atoms with Gasteiger partial charge in [0.2, 0.25) is 5.91 Å². The first kappa shape index (κ1) is 13.4. The zero-order valence-electron chi connectivity index (χ0n) is 11.3. The molecule has 2 aromatic rings. The van der Waals surface area contributed by atoms with Crippen LogP contribution in [0.3, 0.4) is 0 Å². The number of fused-ring (bicyclic) bond motifs is 1. The lowest BCUT2D eigenvalue weighted by molar-refractivity contribution is -0.117. The van der Waals surface area contributed by atoms with E-state index in [1.165, 1.54) is 5.39 Å². The van der Waals surface area contributed by atoms with Crippen LogP contribution >= 0.6 is 0 Å². The topological polar surface area (TPSA) is 55.1 Å². The number of hydrogen-bond donors (Lipinski definition) is 2. The van der Waals surface area contributed by atoms with Gasteiger partial charge in [0.05, 0.1) is 6.42 Å². The van der Waals surface area contributed by atoms with E-state index in [2.05, 4.69) is 30.4 Å². The molecular formula is C16H20N2O. The number of nitrogens with two attached hydrogens (primary N) is 1. The Hall–Kier alpha value is -2.03. The van der Waals surface area contributed by atoms with E-state index in [4.69, 9.17) is 5.73 Å². The molecule has 0 aliphatic rings. The van der Waals surface area contributed by atoms with Crippen molar-refractivity contribution in [3.8, 4) is 0 Å². The normalized spacial score (nSPS) is 10.6. The summed E-state index contributed by atoms with van der Waals surface area (Å²) >= 11 is 0. The molecule has 0 heterocycles. The lowest BCUT2D eigenvalue weighted by Gasteiger charge is -2.12. The summed E-state index contributed by atoms with van der Waals surface area (Å²) in [6, 6.07) is 12.3. The van der Waals surface area contributed by atoms with E-state index >= 15 is 0 Å². The van der Waals surface area contributed by atoms with Crippen molar-refractivity contribution in [1.29, 1.82) is 0 Å². The maximum absolute atomic E-state index is 11.2. The van der Waals surface area contributed by atoms with Crippen LogP contribution in [-0.4, -0.2) is 12.5 Å². The maximum atomic E-state index is 11.2. The number of hydrogen-bond acceptors (Lipinski definition) is 2. The van der Waals surface area contributed by atoms with Gasteiger partial charge in [-0.1, -0.05) is 37.6 Å². The molecule has 19 heavy (non-hydrogen) atoms. The molecule has 0 atom stereocenters. The van der Waals surface area contributed by atoms with Crippen LogP contribution in [-0.2, 0) is 11.2 Å². The summed E-state index contributed by atoms with van der Waals surface area (Å²) in [6.45, 7) is 3.08. The molecule has 0 saturated carbocycles. The second kappa shape index (κ2) is 6.23. The van der Waals surface area contributed by atoms with Gasteiger partial charge in [0.15, 0.2) is 0 Å². The molecule has 3 N–H and O–H groups in total. The number of primary amides is 1. The number of nitrogens with one attached hydrogen (secondary N) is 1. The third kappa shape index (κ3) is 3.47. The molecule has 0 fully saturated rings. The minimum absolute atomic E-state index is 0.277. The Kier molecular flexibility index (Phi) is 4.39. The fraction of sp³-hybridized carbons (Fsp3) is 0.312. The molecule has 3 heteroatoms. The highest BCUT2D eigenvalue weighted by molar-refractivity contribution is 5.89. The van der Waals surface area contributed by atoms with Gasteiger partial charge < -0.3 is 11.1 Å². The van der Waals surface area contributed by atoms with Gasteiger partial charge in [-0.3, -0.25) is 4.79 Å². The van der Waals surface area contributed by atoms with E-state index in [9.17, 15) is 4.79 Å². The molecule has 3 nitrogen and oxygen atoms in total. The van der Waals surface area contributed by atoms with Crippen LogP contribution in [0.2, 0.25) is 0 Å². The zero-order valence-corrected chi connectivity index (χ0v) is 11.3. The number of carbonyl (C=O) groups is 1. The second-order valence-corrected chi connectivity index (χ2v) is 4.78. The van der Waals surface area contributed by atoms with E-state index < -0.39 is 0 Å². The van der Waals surface area contributed by atoms with Gasteiger partial charge in [-0.2, -0.15) is 0 Å². The predicted octanol–water partition coefficient (Wildman–Crippen LogP) is 3.08. The molecule has 0 bridgehead atoms. The van der Waals surface area contributed by atoms with Crippen LogP contribution in [0.5, 0.6) is 0 Å². The molecule has 0 radical (unpaired) electrons. The Morgan fingerprint density at radius 3 is 2.53 bits per heavy atom. The highest BCUT2D eigenvalue weighted by Gasteiger charge is 2.07. The largest absolute Gasteiger partial charge is 0.385 e. The maximum Gasteiger partial charge on any atom is 0.221 e. The summed E-state index contributed by atoms with van der Waals surface area (Å²) in [5, 5.41) is 5.72.